The summed E-state index contributed by atoms with van der Waals surface area (Å²) in [6.07, 6.45) is 6.71. The van der Waals surface area contributed by atoms with Crippen LogP contribution in [0.5, 0.6) is 0 Å². The highest BCUT2D eigenvalue weighted by Crippen LogP contribution is 2.45. The summed E-state index contributed by atoms with van der Waals surface area (Å²) in [5, 5.41) is 16.4. The lowest BCUT2D eigenvalue weighted by atomic mass is 9.82. The van der Waals surface area contributed by atoms with E-state index in [4.69, 9.17) is 5.10 Å². The zero-order chi connectivity index (χ0) is 39.4. The van der Waals surface area contributed by atoms with Crippen LogP contribution in [0.4, 0.5) is 0 Å². The molecule has 0 saturated carbocycles. The molecule has 0 spiro atoms. The minimum absolute atomic E-state index is 0.000252. The van der Waals surface area contributed by atoms with Crippen LogP contribution < -0.4 is 10.9 Å². The van der Waals surface area contributed by atoms with Crippen LogP contribution in [0.1, 0.15) is 76.4 Å². The first kappa shape index (κ1) is 32.8. The minimum atomic E-state index is -0.183. The van der Waals surface area contributed by atoms with Gasteiger partial charge in [-0.05, 0) is 71.0 Å². The van der Waals surface area contributed by atoms with Crippen LogP contribution in [-0.4, -0.2) is 26.2 Å². The normalized spacial score (nSPS) is 13.4. The molecule has 3 aromatic heterocycles. The number of pyridine rings is 1. The Balaban J connectivity index is 1.03. The van der Waals surface area contributed by atoms with Crippen molar-refractivity contribution in [2.45, 2.75) is 45.4 Å². The molecule has 0 fully saturated rings. The summed E-state index contributed by atoms with van der Waals surface area (Å²) in [4.78, 5) is 60.7. The molecule has 9 aromatic carbocycles. The highest BCUT2D eigenvalue weighted by Gasteiger charge is 2.33. The molecule has 0 unspecified atom stereocenters. The lowest BCUT2D eigenvalue weighted by Gasteiger charge is -2.19. The van der Waals surface area contributed by atoms with Gasteiger partial charge in [-0.25, -0.2) is 4.52 Å². The molecule has 3 heterocycles. The van der Waals surface area contributed by atoms with Gasteiger partial charge in [0.05, 0.1) is 22.1 Å². The first-order chi connectivity index (χ1) is 28.9. The number of carbonyl (C=O) groups excluding carboxylic acids is 2. The Hall–Kier alpha value is -7.25. The summed E-state index contributed by atoms with van der Waals surface area (Å²) in [7, 11) is 0. The molecule has 1 N–H and O–H groups in total. The second-order valence-corrected chi connectivity index (χ2v) is 16.5. The number of ketones is 2. The van der Waals surface area contributed by atoms with Crippen molar-refractivity contribution >= 4 is 115 Å². The molecule has 0 atom stereocenters. The third kappa shape index (κ3) is 4.04. The molecule has 12 aromatic rings. The number of nitrogens with zero attached hydrogens (tertiary/aromatic N) is 2. The highest BCUT2D eigenvalue weighted by molar-refractivity contribution is 6.38. The molecule has 7 heteroatoms. The zero-order valence-electron chi connectivity index (χ0n) is 32.1. The molecule has 280 valence electrons. The van der Waals surface area contributed by atoms with Crippen LogP contribution in [0.25, 0.3) is 103 Å². The summed E-state index contributed by atoms with van der Waals surface area (Å²) in [6.45, 7) is 2.21. The van der Waals surface area contributed by atoms with Gasteiger partial charge < -0.3 is 4.98 Å². The van der Waals surface area contributed by atoms with Gasteiger partial charge in [-0.2, -0.15) is 5.10 Å². The van der Waals surface area contributed by atoms with E-state index in [9.17, 15) is 14.4 Å². The Morgan fingerprint density at radius 1 is 0.525 bits per heavy atom. The third-order valence-electron chi connectivity index (χ3n) is 13.5. The van der Waals surface area contributed by atoms with Crippen molar-refractivity contribution in [2.24, 2.45) is 0 Å². The van der Waals surface area contributed by atoms with Gasteiger partial charge in [0.15, 0.2) is 22.4 Å². The van der Waals surface area contributed by atoms with Crippen LogP contribution in [0, 0.1) is 0 Å². The number of fused-ring (bicyclic) bond motifs is 13. The largest absolute Gasteiger partial charge is 0.354 e. The highest BCUT2D eigenvalue weighted by atomic mass is 16.1. The van der Waals surface area contributed by atoms with Crippen molar-refractivity contribution in [1.82, 2.24) is 14.6 Å². The van der Waals surface area contributed by atoms with Crippen LogP contribution in [0.3, 0.4) is 0 Å². The topological polar surface area (TPSA) is 101 Å². The number of aromatic amines is 1. The first-order valence-electron chi connectivity index (χ1n) is 20.6. The molecule has 0 aliphatic heterocycles. The minimum Gasteiger partial charge on any atom is -0.354 e. The number of H-pyrrole nitrogens is 1. The van der Waals surface area contributed by atoms with Gasteiger partial charge in [0.25, 0.3) is 0 Å². The number of hydrogen-bond acceptors (Lipinski definition) is 5. The van der Waals surface area contributed by atoms with Gasteiger partial charge >= 0.3 is 0 Å². The summed E-state index contributed by atoms with van der Waals surface area (Å²) >= 11 is 0. The predicted octanol–water partition coefficient (Wildman–Crippen LogP) is 11.4. The van der Waals surface area contributed by atoms with E-state index in [0.717, 1.165) is 101 Å². The van der Waals surface area contributed by atoms with Crippen LogP contribution in [0.2, 0.25) is 0 Å². The van der Waals surface area contributed by atoms with E-state index in [0.29, 0.717) is 49.3 Å². The second kappa shape index (κ2) is 11.4. The average Bonchev–Trinajstić information content (AvgIpc) is 3.86. The van der Waals surface area contributed by atoms with Gasteiger partial charge in [-0.1, -0.05) is 99.3 Å². The predicted molar refractivity (Wildman–Crippen MR) is 239 cm³/mol. The molecule has 1 aliphatic rings. The van der Waals surface area contributed by atoms with Crippen molar-refractivity contribution in [3.8, 4) is 0 Å². The summed E-state index contributed by atoms with van der Waals surface area (Å²) in [5.41, 5.74) is 6.48. The Bertz CT molecular complexity index is 4010. The maximum absolute atomic E-state index is 15.0. The fourth-order valence-corrected chi connectivity index (χ4v) is 10.8. The lowest BCUT2D eigenvalue weighted by molar-refractivity contribution is 0.0980. The molecule has 0 amide bonds. The Kier molecular flexibility index (Phi) is 6.36. The number of nitrogens with one attached hydrogen (secondary N) is 1. The van der Waals surface area contributed by atoms with Gasteiger partial charge in [0.1, 0.15) is 5.52 Å². The fraction of sp³-hybridized carbons (Fsp3) is 0.135. The molecule has 13 rings (SSSR count). The average molecular weight is 764 g/mol. The molecule has 7 nitrogen and oxygen atoms in total. The van der Waals surface area contributed by atoms with E-state index < -0.39 is 0 Å². The monoisotopic (exact) mass is 763 g/mol. The summed E-state index contributed by atoms with van der Waals surface area (Å²) < 4.78 is 1.96. The summed E-state index contributed by atoms with van der Waals surface area (Å²) in [5.74, 6) is -0.330. The second-order valence-electron chi connectivity index (χ2n) is 16.5. The Labute approximate surface area is 334 Å². The van der Waals surface area contributed by atoms with Crippen LogP contribution in [-0.2, 0) is 6.42 Å². The number of unbranched alkanes of at least 4 members (excludes halogenated alkanes) is 4. The Morgan fingerprint density at radius 3 is 2.08 bits per heavy atom. The van der Waals surface area contributed by atoms with Crippen molar-refractivity contribution in [1.29, 1.82) is 0 Å². The molecule has 0 saturated heterocycles. The maximum atomic E-state index is 15.0. The Morgan fingerprint density at radius 2 is 1.22 bits per heavy atom. The number of carbonyl (C=O) groups is 2. The number of aryl methyl sites for hydroxylation is 1. The van der Waals surface area contributed by atoms with Crippen molar-refractivity contribution in [3.63, 3.8) is 0 Å². The van der Waals surface area contributed by atoms with E-state index in [1.54, 1.807) is 6.07 Å². The lowest BCUT2D eigenvalue weighted by Crippen LogP contribution is -2.21. The van der Waals surface area contributed by atoms with Gasteiger partial charge in [-0.3, -0.25) is 19.2 Å². The zero-order valence-corrected chi connectivity index (χ0v) is 32.1. The van der Waals surface area contributed by atoms with E-state index in [1.165, 1.54) is 19.3 Å². The van der Waals surface area contributed by atoms with Crippen LogP contribution >= 0.6 is 0 Å². The molecular formula is C52H33N3O4. The fourth-order valence-electron chi connectivity index (χ4n) is 10.8. The molecule has 0 radical (unpaired) electrons. The first-order valence-corrected chi connectivity index (χ1v) is 20.6. The smallest absolute Gasteiger partial charge is 0.196 e. The molecule has 0 bridgehead atoms. The summed E-state index contributed by atoms with van der Waals surface area (Å²) in [6, 6.07) is 33.1. The SMILES string of the molecule is CCCCCCCc1ccc2c(c1)C(=O)c1ccc3c([nH]c4ccc5c6ccc7c8c(ccc(c(=O)c5c43)c68)c3ccc4c(=O)c5ccccc5c5nn7c3c45)c1C2=O. The number of hydrogen-bond donors (Lipinski definition) is 1. The van der Waals surface area contributed by atoms with Gasteiger partial charge in [0, 0.05) is 81.5 Å². The quantitative estimate of drug-likeness (QED) is 0.103. The van der Waals surface area contributed by atoms with E-state index in [1.807, 2.05) is 89.4 Å². The number of rotatable bonds is 6. The number of aromatic nitrogens is 3. The maximum Gasteiger partial charge on any atom is 0.196 e. The van der Waals surface area contributed by atoms with Gasteiger partial charge in [-0.15, -0.1) is 0 Å². The van der Waals surface area contributed by atoms with Crippen LogP contribution in [0.15, 0.2) is 113 Å². The van der Waals surface area contributed by atoms with Crippen molar-refractivity contribution in [2.75, 3.05) is 0 Å². The molecular weight excluding hydrogens is 731 g/mol. The van der Waals surface area contributed by atoms with E-state index in [-0.39, 0.29) is 22.4 Å². The van der Waals surface area contributed by atoms with Gasteiger partial charge in [0.2, 0.25) is 0 Å². The standard InChI is InChI=1S/C52H33N3O4/c1-2-3-4-5-6-9-25-12-13-32-37(24-25)50(57)36-19-16-33-41-38(53-46(33)45(36)51(32)58)22-20-27-26-21-23-39-42-28(14-17-34(40(26)42)52(59)43(27)41)30-15-18-35-44-47(54-55(39)48(30)44)29-10-7-8-11-31(29)49(35)56/h7-8,10-24,53H,2-6,9H2,1H3. The number of benzene rings is 9. The van der Waals surface area contributed by atoms with Crippen molar-refractivity contribution in [3.05, 3.63) is 151 Å². The molecule has 1 aliphatic carbocycles. The third-order valence-corrected chi connectivity index (χ3v) is 13.5. The van der Waals surface area contributed by atoms with E-state index in [2.05, 4.69) is 24.0 Å². The molecule has 59 heavy (non-hydrogen) atoms. The van der Waals surface area contributed by atoms with Crippen molar-refractivity contribution < 1.29 is 9.59 Å². The van der Waals surface area contributed by atoms with E-state index >= 15 is 4.79 Å².